The fraction of sp³-hybridized carbons (Fsp3) is 0.556. The first-order valence-electron chi connectivity index (χ1n) is 20.4. The summed E-state index contributed by atoms with van der Waals surface area (Å²) in [5.74, 6) is -0.703. The van der Waals surface area contributed by atoms with Crippen LogP contribution in [0, 0.1) is 34.9 Å². The van der Waals surface area contributed by atoms with Crippen LogP contribution in [0.15, 0.2) is 60.7 Å². The first-order chi connectivity index (χ1) is 27.5. The Kier molecular flexibility index (Phi) is 13.2. The fourth-order valence-electron chi connectivity index (χ4n) is 9.76. The van der Waals surface area contributed by atoms with Gasteiger partial charge in [-0.15, -0.1) is 0 Å². The minimum absolute atomic E-state index is 0.0568. The van der Waals surface area contributed by atoms with E-state index in [1.54, 1.807) is 25.1 Å². The molecule has 316 valence electrons. The number of nitrogens with zero attached hydrogens (tertiary/aromatic N) is 3. The van der Waals surface area contributed by atoms with Gasteiger partial charge in [0, 0.05) is 55.0 Å². The highest BCUT2D eigenvalue weighted by molar-refractivity contribution is 5.97. The first kappa shape index (κ1) is 43.5. The lowest BCUT2D eigenvalue weighted by molar-refractivity contribution is -0.183. The Bertz CT molecular complexity index is 1930. The molecule has 1 heterocycles. The van der Waals surface area contributed by atoms with Crippen molar-refractivity contribution in [2.75, 3.05) is 53.4 Å². The number of halogens is 1. The van der Waals surface area contributed by atoms with Gasteiger partial charge in [-0.05, 0) is 98.5 Å². The molecule has 3 saturated carbocycles. The summed E-state index contributed by atoms with van der Waals surface area (Å²) in [6.45, 7) is 8.04. The Morgan fingerprint density at radius 2 is 1.76 bits per heavy atom. The number of hydrogen-bond donors (Lipinski definition) is 5. The molecule has 13 heteroatoms. The van der Waals surface area contributed by atoms with Gasteiger partial charge in [0.05, 0.1) is 32.4 Å². The Balaban J connectivity index is 1.32. The Labute approximate surface area is 342 Å². The summed E-state index contributed by atoms with van der Waals surface area (Å²) >= 11 is 0. The van der Waals surface area contributed by atoms with E-state index in [0.29, 0.717) is 46.3 Å². The predicted molar refractivity (Wildman–Crippen MR) is 221 cm³/mol. The number of carbonyl (C=O) groups is 2. The zero-order chi connectivity index (χ0) is 42.2. The molecule has 1 aliphatic heterocycles. The maximum Gasteiger partial charge on any atom is 0.251 e. The lowest BCUT2D eigenvalue weighted by atomic mass is 9.45. The predicted octanol–water partition coefficient (Wildman–Crippen LogP) is 4.62. The number of methoxy groups -OCH3 is 1. The minimum atomic E-state index is -1.03. The number of rotatable bonds is 15. The summed E-state index contributed by atoms with van der Waals surface area (Å²) in [6, 6.07) is 15.7. The van der Waals surface area contributed by atoms with E-state index < -0.39 is 54.6 Å². The smallest absolute Gasteiger partial charge is 0.251 e. The quantitative estimate of drug-likeness (QED) is 0.148. The molecule has 0 radical (unpaired) electrons. The van der Waals surface area contributed by atoms with Crippen molar-refractivity contribution < 1.29 is 38.9 Å². The van der Waals surface area contributed by atoms with Crippen molar-refractivity contribution in [1.82, 2.24) is 20.6 Å². The molecule has 0 aromatic heterocycles. The molecular formula is C45H62FN5O7. The van der Waals surface area contributed by atoms with Gasteiger partial charge < -0.3 is 40.5 Å². The van der Waals surface area contributed by atoms with Gasteiger partial charge in [0.25, 0.3) is 5.91 Å². The third kappa shape index (κ3) is 8.62. The number of hydrogen-bond acceptors (Lipinski definition) is 10. The van der Waals surface area contributed by atoms with Crippen LogP contribution in [0.25, 0.3) is 11.1 Å². The average Bonchev–Trinajstić information content (AvgIpc) is 3.57. The van der Waals surface area contributed by atoms with Crippen molar-refractivity contribution in [2.24, 2.45) is 29.1 Å². The number of benzene rings is 3. The Morgan fingerprint density at radius 3 is 2.34 bits per heavy atom. The van der Waals surface area contributed by atoms with E-state index in [1.165, 1.54) is 18.2 Å². The molecule has 12 nitrogen and oxygen atoms in total. The van der Waals surface area contributed by atoms with Gasteiger partial charge >= 0.3 is 0 Å². The number of ether oxygens (including phenoxy) is 1. The highest BCUT2D eigenvalue weighted by Gasteiger charge is 2.57. The SMILES string of the molecule is COc1c(-c2cc(C(=O)N[C@H](CN(C)C)C(O)c3ccccc3)cc(N(C)C)c2)ccc(F)c1CN1O[C@@H](CO)[C@@H]([C@H](C)O)[C@H]1C(=O)N[C@H]1C[C@H]2C[C@@H]([C@@H]1C)C2(C)C. The maximum absolute atomic E-state index is 16.1. The molecule has 4 aliphatic rings. The molecule has 4 fully saturated rings. The van der Waals surface area contributed by atoms with Crippen LogP contribution in [0.5, 0.6) is 5.75 Å². The minimum Gasteiger partial charge on any atom is -0.496 e. The summed E-state index contributed by atoms with van der Waals surface area (Å²) < 4.78 is 22.0. The van der Waals surface area contributed by atoms with Gasteiger partial charge in [-0.1, -0.05) is 51.1 Å². The normalized spacial score (nSPS) is 26.7. The second kappa shape index (κ2) is 17.6. The summed E-state index contributed by atoms with van der Waals surface area (Å²) in [7, 11) is 8.88. The van der Waals surface area contributed by atoms with Crippen LogP contribution < -0.4 is 20.3 Å². The number of anilines is 1. The summed E-state index contributed by atoms with van der Waals surface area (Å²) in [5.41, 5.74) is 3.09. The molecule has 7 rings (SSSR count). The zero-order valence-electron chi connectivity index (χ0n) is 35.3. The van der Waals surface area contributed by atoms with Crippen LogP contribution in [-0.2, 0) is 16.2 Å². The van der Waals surface area contributed by atoms with Crippen LogP contribution in [0.2, 0.25) is 0 Å². The van der Waals surface area contributed by atoms with E-state index in [9.17, 15) is 24.9 Å². The van der Waals surface area contributed by atoms with Crippen molar-refractivity contribution in [1.29, 1.82) is 0 Å². The topological polar surface area (TPSA) is 147 Å². The largest absolute Gasteiger partial charge is 0.496 e. The molecular weight excluding hydrogens is 742 g/mol. The number of amides is 2. The lowest BCUT2D eigenvalue weighted by Gasteiger charge is -2.62. The number of aliphatic hydroxyl groups is 3. The average molecular weight is 804 g/mol. The summed E-state index contributed by atoms with van der Waals surface area (Å²) in [5, 5.41) is 40.3. The van der Waals surface area contributed by atoms with Gasteiger partial charge in [0.1, 0.15) is 29.8 Å². The fourth-order valence-corrected chi connectivity index (χ4v) is 9.76. The van der Waals surface area contributed by atoms with Gasteiger partial charge in [0.2, 0.25) is 5.91 Å². The monoisotopic (exact) mass is 803 g/mol. The van der Waals surface area contributed by atoms with E-state index >= 15 is 4.39 Å². The third-order valence-corrected chi connectivity index (χ3v) is 13.2. The van der Waals surface area contributed by atoms with E-state index in [4.69, 9.17) is 9.57 Å². The second-order valence-corrected chi connectivity index (χ2v) is 17.7. The highest BCUT2D eigenvalue weighted by Crippen LogP contribution is 2.61. The van der Waals surface area contributed by atoms with E-state index in [-0.39, 0.29) is 41.1 Å². The van der Waals surface area contributed by atoms with Crippen LogP contribution in [0.1, 0.15) is 68.1 Å². The highest BCUT2D eigenvalue weighted by atomic mass is 19.1. The molecule has 3 aromatic rings. The van der Waals surface area contributed by atoms with Gasteiger partial charge in [-0.2, -0.15) is 5.06 Å². The number of likely N-dealkylation sites (N-methyl/N-ethyl adjacent to an activating group) is 1. The molecule has 1 unspecified atom stereocenters. The molecule has 2 bridgehead atoms. The third-order valence-electron chi connectivity index (χ3n) is 13.2. The number of fused-ring (bicyclic) bond motifs is 2. The number of hydroxylamine groups is 2. The van der Waals surface area contributed by atoms with Crippen molar-refractivity contribution in [2.45, 2.75) is 83.5 Å². The van der Waals surface area contributed by atoms with Crippen LogP contribution in [0.3, 0.4) is 0 Å². The number of carbonyl (C=O) groups excluding carboxylic acids is 2. The molecule has 58 heavy (non-hydrogen) atoms. The van der Waals surface area contributed by atoms with E-state index in [1.807, 2.05) is 74.4 Å². The molecule has 1 saturated heterocycles. The van der Waals surface area contributed by atoms with Crippen molar-refractivity contribution in [3.05, 3.63) is 83.2 Å². The standard InChI is InChI=1S/C45H62FN5O7/c1-25-34-20-30(45(34,3)4)21-36(25)47-44(56)40-39(26(2)53)38(24-52)58-51(40)22-33-35(46)16-15-32(42(33)57-9)28-17-29(19-31(18-28)50(7)8)43(55)48-37(23-49(5)6)41(54)27-13-11-10-12-14-27/h10-19,25-26,30,34,36-41,52-54H,20-24H2,1-9H3,(H,47,56)(H,48,55)/t25-,26-,30+,34-,36-,37+,38-,39+,40-,41?/m0/s1. The van der Waals surface area contributed by atoms with E-state index in [2.05, 4.69) is 31.4 Å². The molecule has 3 aliphatic carbocycles. The molecule has 5 N–H and O–H groups in total. The molecule has 3 aromatic carbocycles. The second-order valence-electron chi connectivity index (χ2n) is 17.7. The number of nitrogens with one attached hydrogen (secondary N) is 2. The van der Waals surface area contributed by atoms with Crippen molar-refractivity contribution in [3.63, 3.8) is 0 Å². The van der Waals surface area contributed by atoms with Gasteiger partial charge in [0.15, 0.2) is 0 Å². The van der Waals surface area contributed by atoms with E-state index in [0.717, 1.165) is 12.8 Å². The first-order valence-corrected chi connectivity index (χ1v) is 20.4. The van der Waals surface area contributed by atoms with Gasteiger partial charge in [-0.3, -0.25) is 14.4 Å². The summed E-state index contributed by atoms with van der Waals surface area (Å²) in [6.07, 6.45) is -0.886. The Morgan fingerprint density at radius 1 is 1.05 bits per heavy atom. The van der Waals surface area contributed by atoms with Crippen molar-refractivity contribution >= 4 is 17.5 Å². The maximum atomic E-state index is 16.1. The Hall–Kier alpha value is -4.11. The molecule has 2 amide bonds. The van der Waals surface area contributed by atoms with Crippen LogP contribution in [-0.4, -0.2) is 116 Å². The van der Waals surface area contributed by atoms with Crippen LogP contribution >= 0.6 is 0 Å². The van der Waals surface area contributed by atoms with Crippen molar-refractivity contribution in [3.8, 4) is 16.9 Å². The lowest BCUT2D eigenvalue weighted by Crippen LogP contribution is -2.62. The zero-order valence-corrected chi connectivity index (χ0v) is 35.3. The van der Waals surface area contributed by atoms with Gasteiger partial charge in [-0.25, -0.2) is 4.39 Å². The molecule has 10 atom stereocenters. The number of aliphatic hydroxyl groups excluding tert-OH is 3. The van der Waals surface area contributed by atoms with Crippen LogP contribution in [0.4, 0.5) is 10.1 Å². The summed E-state index contributed by atoms with van der Waals surface area (Å²) in [4.78, 5) is 38.3. The molecule has 0 spiro atoms.